The molecule has 122 valence electrons. The first kappa shape index (κ1) is 15.7. The van der Waals surface area contributed by atoms with Gasteiger partial charge in [-0.05, 0) is 31.4 Å². The van der Waals surface area contributed by atoms with Crippen LogP contribution in [-0.2, 0) is 16.1 Å². The number of para-hydroxylation sites is 1. The highest BCUT2D eigenvalue weighted by Crippen LogP contribution is 2.17. The Morgan fingerprint density at radius 1 is 1.43 bits per heavy atom. The molecule has 0 saturated carbocycles. The normalized spacial score (nSPS) is 17.5. The average Bonchev–Trinajstić information content (AvgIpc) is 3.06. The molecule has 1 saturated heterocycles. The summed E-state index contributed by atoms with van der Waals surface area (Å²) in [5.74, 6) is 0.540. The minimum atomic E-state index is -0.175. The molecule has 6 heteroatoms. The number of ether oxygens (including phenoxy) is 1. The molecule has 2 aromatic rings. The van der Waals surface area contributed by atoms with Crippen LogP contribution in [0.4, 0.5) is 0 Å². The molecule has 0 radical (unpaired) electrons. The molecule has 23 heavy (non-hydrogen) atoms. The summed E-state index contributed by atoms with van der Waals surface area (Å²) >= 11 is 0. The Kier molecular flexibility index (Phi) is 4.71. The maximum atomic E-state index is 12.2. The summed E-state index contributed by atoms with van der Waals surface area (Å²) in [6, 6.07) is 7.18. The number of carbonyl (C=O) groups is 1. The van der Waals surface area contributed by atoms with Gasteiger partial charge in [0.2, 0.25) is 5.91 Å². The molecule has 0 aliphatic carbocycles. The second-order valence-corrected chi connectivity index (χ2v) is 5.95. The minimum Gasteiger partial charge on any atom is -0.378 e. The van der Waals surface area contributed by atoms with Gasteiger partial charge in [0.25, 0.3) is 5.56 Å². The summed E-state index contributed by atoms with van der Waals surface area (Å²) in [7, 11) is 1.73. The van der Waals surface area contributed by atoms with E-state index in [0.29, 0.717) is 29.7 Å². The van der Waals surface area contributed by atoms with Gasteiger partial charge in [-0.2, -0.15) is 0 Å². The van der Waals surface area contributed by atoms with E-state index in [-0.39, 0.29) is 17.6 Å². The Bertz CT molecular complexity index is 750. The zero-order chi connectivity index (χ0) is 16.2. The van der Waals surface area contributed by atoms with E-state index < -0.39 is 0 Å². The fourth-order valence-electron chi connectivity index (χ4n) is 2.87. The third-order valence-electron chi connectivity index (χ3n) is 4.18. The number of amides is 1. The molecule has 1 N–H and O–H groups in total. The van der Waals surface area contributed by atoms with Gasteiger partial charge in [-0.25, -0.2) is 4.98 Å². The molecular formula is C17H21N3O3. The quantitative estimate of drug-likeness (QED) is 0.913. The van der Waals surface area contributed by atoms with Crippen LogP contribution in [-0.4, -0.2) is 40.5 Å². The molecule has 0 bridgehead atoms. The molecule has 1 amide bonds. The lowest BCUT2D eigenvalue weighted by molar-refractivity contribution is -0.131. The highest BCUT2D eigenvalue weighted by molar-refractivity contribution is 5.77. The van der Waals surface area contributed by atoms with Gasteiger partial charge in [0.15, 0.2) is 0 Å². The van der Waals surface area contributed by atoms with E-state index in [1.54, 1.807) is 30.1 Å². The fourth-order valence-corrected chi connectivity index (χ4v) is 2.87. The summed E-state index contributed by atoms with van der Waals surface area (Å²) in [6.45, 7) is 1.10. The van der Waals surface area contributed by atoms with Gasteiger partial charge in [-0.1, -0.05) is 12.1 Å². The third kappa shape index (κ3) is 3.76. The Morgan fingerprint density at radius 3 is 3.04 bits per heavy atom. The van der Waals surface area contributed by atoms with E-state index in [2.05, 4.69) is 9.97 Å². The van der Waals surface area contributed by atoms with Crippen molar-refractivity contribution < 1.29 is 9.53 Å². The monoisotopic (exact) mass is 315 g/mol. The number of nitrogens with one attached hydrogen (secondary N) is 1. The first-order chi connectivity index (χ1) is 11.1. The number of hydrogen-bond donors (Lipinski definition) is 1. The minimum absolute atomic E-state index is 0.0382. The van der Waals surface area contributed by atoms with Crippen molar-refractivity contribution in [3.05, 3.63) is 40.4 Å². The van der Waals surface area contributed by atoms with Gasteiger partial charge in [0.1, 0.15) is 5.82 Å². The maximum Gasteiger partial charge on any atom is 0.258 e. The number of nitrogens with zero attached hydrogens (tertiary/aromatic N) is 2. The van der Waals surface area contributed by atoms with Gasteiger partial charge in [0, 0.05) is 20.1 Å². The number of aromatic amines is 1. The smallest absolute Gasteiger partial charge is 0.258 e. The largest absolute Gasteiger partial charge is 0.378 e. The summed E-state index contributed by atoms with van der Waals surface area (Å²) in [5.41, 5.74) is 0.470. The number of aromatic nitrogens is 2. The highest BCUT2D eigenvalue weighted by Gasteiger charge is 2.18. The van der Waals surface area contributed by atoms with E-state index in [4.69, 9.17) is 4.74 Å². The van der Waals surface area contributed by atoms with Crippen molar-refractivity contribution in [2.45, 2.75) is 38.3 Å². The van der Waals surface area contributed by atoms with Crippen molar-refractivity contribution in [1.29, 1.82) is 0 Å². The Morgan fingerprint density at radius 2 is 2.26 bits per heavy atom. The molecule has 0 spiro atoms. The number of hydrogen-bond acceptors (Lipinski definition) is 4. The van der Waals surface area contributed by atoms with Crippen LogP contribution < -0.4 is 5.56 Å². The number of fused-ring (bicyclic) bond motifs is 1. The van der Waals surface area contributed by atoms with Crippen molar-refractivity contribution in [2.75, 3.05) is 13.7 Å². The Balaban J connectivity index is 1.63. The lowest BCUT2D eigenvalue weighted by atomic mass is 10.1. The van der Waals surface area contributed by atoms with Crippen LogP contribution in [0.3, 0.4) is 0 Å². The molecule has 0 unspecified atom stereocenters. The van der Waals surface area contributed by atoms with Gasteiger partial charge in [0.05, 0.1) is 23.6 Å². The van der Waals surface area contributed by atoms with Crippen LogP contribution in [0.1, 0.15) is 31.5 Å². The van der Waals surface area contributed by atoms with Crippen LogP contribution >= 0.6 is 0 Å². The fraction of sp³-hybridized carbons (Fsp3) is 0.471. The molecule has 1 aromatic carbocycles. The molecule has 6 nitrogen and oxygen atoms in total. The van der Waals surface area contributed by atoms with Gasteiger partial charge >= 0.3 is 0 Å². The van der Waals surface area contributed by atoms with Crippen molar-refractivity contribution in [3.63, 3.8) is 0 Å². The Hall–Kier alpha value is -2.21. The van der Waals surface area contributed by atoms with Crippen LogP contribution in [0.15, 0.2) is 29.1 Å². The highest BCUT2D eigenvalue weighted by atomic mass is 16.5. The molecule has 2 heterocycles. The summed E-state index contributed by atoms with van der Waals surface area (Å²) in [6.07, 6.45) is 3.54. The summed E-state index contributed by atoms with van der Waals surface area (Å²) in [5, 5.41) is 0.559. The zero-order valence-electron chi connectivity index (χ0n) is 13.2. The molecular weight excluding hydrogens is 294 g/mol. The predicted molar refractivity (Wildman–Crippen MR) is 87.0 cm³/mol. The molecule has 1 aliphatic rings. The van der Waals surface area contributed by atoms with Crippen molar-refractivity contribution in [3.8, 4) is 0 Å². The summed E-state index contributed by atoms with van der Waals surface area (Å²) < 4.78 is 5.53. The van der Waals surface area contributed by atoms with Crippen LogP contribution in [0.25, 0.3) is 10.9 Å². The van der Waals surface area contributed by atoms with Crippen molar-refractivity contribution >= 4 is 16.8 Å². The first-order valence-corrected chi connectivity index (χ1v) is 7.97. The van der Waals surface area contributed by atoms with Gasteiger partial charge in [-0.3, -0.25) is 9.59 Å². The topological polar surface area (TPSA) is 75.3 Å². The second kappa shape index (κ2) is 6.91. The third-order valence-corrected chi connectivity index (χ3v) is 4.18. The van der Waals surface area contributed by atoms with Crippen molar-refractivity contribution in [1.82, 2.24) is 14.9 Å². The molecule has 1 aromatic heterocycles. The SMILES string of the molecule is CN(Cc1nc2ccccc2c(=O)[nH]1)C(=O)CC[C@@H]1CCCO1. The molecule has 1 aliphatic heterocycles. The van der Waals surface area contributed by atoms with Crippen LogP contribution in [0, 0.1) is 0 Å². The number of rotatable bonds is 5. The zero-order valence-corrected chi connectivity index (χ0v) is 13.2. The van der Waals surface area contributed by atoms with E-state index in [1.165, 1.54) is 0 Å². The van der Waals surface area contributed by atoms with E-state index in [0.717, 1.165) is 25.9 Å². The average molecular weight is 315 g/mol. The molecule has 1 atom stereocenters. The molecule has 3 rings (SSSR count). The van der Waals surface area contributed by atoms with E-state index in [9.17, 15) is 9.59 Å². The molecule has 1 fully saturated rings. The van der Waals surface area contributed by atoms with E-state index in [1.807, 2.05) is 6.07 Å². The second-order valence-electron chi connectivity index (χ2n) is 5.95. The summed E-state index contributed by atoms with van der Waals surface area (Å²) in [4.78, 5) is 33.0. The first-order valence-electron chi connectivity index (χ1n) is 7.97. The van der Waals surface area contributed by atoms with Crippen molar-refractivity contribution in [2.24, 2.45) is 0 Å². The lowest BCUT2D eigenvalue weighted by Gasteiger charge is -2.17. The predicted octanol–water partition coefficient (Wildman–Crippen LogP) is 1.84. The van der Waals surface area contributed by atoms with Gasteiger partial charge < -0.3 is 14.6 Å². The van der Waals surface area contributed by atoms with Crippen LogP contribution in [0.5, 0.6) is 0 Å². The van der Waals surface area contributed by atoms with E-state index >= 15 is 0 Å². The maximum absolute atomic E-state index is 12.2. The Labute approximate surface area is 134 Å². The number of benzene rings is 1. The van der Waals surface area contributed by atoms with Gasteiger partial charge in [-0.15, -0.1) is 0 Å². The van der Waals surface area contributed by atoms with Crippen LogP contribution in [0.2, 0.25) is 0 Å². The standard InChI is InChI=1S/C17H21N3O3/c1-20(16(21)9-8-12-5-4-10-23-12)11-15-18-14-7-3-2-6-13(14)17(22)19-15/h2-3,6-7,12H,4-5,8-11H2,1H3,(H,18,19,22)/t12-/m0/s1. The number of H-pyrrole nitrogens is 1. The lowest BCUT2D eigenvalue weighted by Crippen LogP contribution is -2.29. The number of carbonyl (C=O) groups excluding carboxylic acids is 1.